The molecule has 96 valence electrons. The lowest BCUT2D eigenvalue weighted by Crippen LogP contribution is -2.34. The summed E-state index contributed by atoms with van der Waals surface area (Å²) in [6.07, 6.45) is 1.03. The molecule has 17 heavy (non-hydrogen) atoms. The van der Waals surface area contributed by atoms with Gasteiger partial charge in [-0.2, -0.15) is 0 Å². The molecule has 3 nitrogen and oxygen atoms in total. The Kier molecular flexibility index (Phi) is 5.45. The third-order valence-electron chi connectivity index (χ3n) is 3.31. The van der Waals surface area contributed by atoms with Crippen LogP contribution < -0.4 is 10.5 Å². The summed E-state index contributed by atoms with van der Waals surface area (Å²) in [6, 6.07) is 6.70. The summed E-state index contributed by atoms with van der Waals surface area (Å²) in [5, 5.41) is 0. The van der Waals surface area contributed by atoms with Gasteiger partial charge in [-0.25, -0.2) is 0 Å². The van der Waals surface area contributed by atoms with E-state index < -0.39 is 0 Å². The molecule has 1 aromatic rings. The standard InChI is InChI=1S/C14H24N2O/c1-5-12-8-14(17-4)7-6-13(12)10-16(3)11(2)9-15/h6-8,11H,5,9-10,15H2,1-4H3. The van der Waals surface area contributed by atoms with Crippen LogP contribution in [0.15, 0.2) is 18.2 Å². The first-order chi connectivity index (χ1) is 8.12. The van der Waals surface area contributed by atoms with E-state index in [9.17, 15) is 0 Å². The minimum absolute atomic E-state index is 0.404. The van der Waals surface area contributed by atoms with Crippen molar-refractivity contribution in [3.63, 3.8) is 0 Å². The normalized spacial score (nSPS) is 12.8. The van der Waals surface area contributed by atoms with Crippen molar-refractivity contribution < 1.29 is 4.74 Å². The average molecular weight is 236 g/mol. The average Bonchev–Trinajstić information content (AvgIpc) is 2.37. The Morgan fingerprint density at radius 3 is 2.59 bits per heavy atom. The van der Waals surface area contributed by atoms with Gasteiger partial charge in [0.25, 0.3) is 0 Å². The second-order valence-corrected chi connectivity index (χ2v) is 4.49. The van der Waals surface area contributed by atoms with Crippen molar-refractivity contribution in [3.05, 3.63) is 29.3 Å². The number of benzene rings is 1. The van der Waals surface area contributed by atoms with Gasteiger partial charge in [0.1, 0.15) is 5.75 Å². The molecule has 0 aliphatic heterocycles. The first-order valence-electron chi connectivity index (χ1n) is 6.18. The van der Waals surface area contributed by atoms with Crippen molar-refractivity contribution in [3.8, 4) is 5.75 Å². The Morgan fingerprint density at radius 2 is 2.06 bits per heavy atom. The van der Waals surface area contributed by atoms with Gasteiger partial charge in [-0.3, -0.25) is 4.90 Å². The van der Waals surface area contributed by atoms with Crippen LogP contribution in [0.3, 0.4) is 0 Å². The minimum Gasteiger partial charge on any atom is -0.497 e. The monoisotopic (exact) mass is 236 g/mol. The van der Waals surface area contributed by atoms with Crippen LogP contribution in [0.1, 0.15) is 25.0 Å². The predicted octanol–water partition coefficient (Wildman–Crippen LogP) is 2.04. The molecule has 0 saturated heterocycles. The molecule has 0 amide bonds. The van der Waals surface area contributed by atoms with Crippen LogP contribution in [-0.2, 0) is 13.0 Å². The fraction of sp³-hybridized carbons (Fsp3) is 0.571. The quantitative estimate of drug-likeness (QED) is 0.821. The number of nitrogens with zero attached hydrogens (tertiary/aromatic N) is 1. The van der Waals surface area contributed by atoms with Crippen LogP contribution in [-0.4, -0.2) is 31.6 Å². The number of hydrogen-bond acceptors (Lipinski definition) is 3. The zero-order valence-corrected chi connectivity index (χ0v) is 11.4. The second-order valence-electron chi connectivity index (χ2n) is 4.49. The Hall–Kier alpha value is -1.06. The fourth-order valence-electron chi connectivity index (χ4n) is 1.82. The van der Waals surface area contributed by atoms with Gasteiger partial charge in [-0.1, -0.05) is 13.0 Å². The molecule has 1 rings (SSSR count). The van der Waals surface area contributed by atoms with E-state index in [-0.39, 0.29) is 0 Å². The lowest BCUT2D eigenvalue weighted by molar-refractivity contribution is 0.254. The van der Waals surface area contributed by atoms with Crippen LogP contribution in [0, 0.1) is 0 Å². The molecule has 2 N–H and O–H groups in total. The topological polar surface area (TPSA) is 38.5 Å². The SMILES string of the molecule is CCc1cc(OC)ccc1CN(C)C(C)CN. The molecule has 0 saturated carbocycles. The molecular weight excluding hydrogens is 212 g/mol. The molecular formula is C14H24N2O. The van der Waals surface area contributed by atoms with Crippen molar-refractivity contribution in [2.45, 2.75) is 32.9 Å². The van der Waals surface area contributed by atoms with Crippen molar-refractivity contribution in [1.29, 1.82) is 0 Å². The molecule has 3 heteroatoms. The predicted molar refractivity (Wildman–Crippen MR) is 72.4 cm³/mol. The van der Waals surface area contributed by atoms with Gasteiger partial charge in [0.15, 0.2) is 0 Å². The number of aryl methyl sites for hydroxylation is 1. The van der Waals surface area contributed by atoms with Crippen LogP contribution in [0.2, 0.25) is 0 Å². The maximum atomic E-state index is 5.68. The zero-order valence-electron chi connectivity index (χ0n) is 11.4. The van der Waals surface area contributed by atoms with E-state index in [1.165, 1.54) is 11.1 Å². The van der Waals surface area contributed by atoms with Gasteiger partial charge in [0.05, 0.1) is 7.11 Å². The molecule has 1 aromatic carbocycles. The molecule has 0 spiro atoms. The van der Waals surface area contributed by atoms with Gasteiger partial charge in [0, 0.05) is 19.1 Å². The Labute approximate surface area is 105 Å². The highest BCUT2D eigenvalue weighted by Gasteiger charge is 2.10. The molecule has 0 aliphatic carbocycles. The highest BCUT2D eigenvalue weighted by Crippen LogP contribution is 2.19. The summed E-state index contributed by atoms with van der Waals surface area (Å²) in [4.78, 5) is 2.28. The van der Waals surface area contributed by atoms with Crippen LogP contribution in [0.25, 0.3) is 0 Å². The first-order valence-corrected chi connectivity index (χ1v) is 6.18. The van der Waals surface area contributed by atoms with E-state index in [0.29, 0.717) is 12.6 Å². The van der Waals surface area contributed by atoms with E-state index in [4.69, 9.17) is 10.5 Å². The summed E-state index contributed by atoms with van der Waals surface area (Å²) >= 11 is 0. The van der Waals surface area contributed by atoms with E-state index in [0.717, 1.165) is 18.7 Å². The van der Waals surface area contributed by atoms with Crippen molar-refractivity contribution in [1.82, 2.24) is 4.90 Å². The van der Waals surface area contributed by atoms with Crippen molar-refractivity contribution in [2.75, 3.05) is 20.7 Å². The molecule has 0 heterocycles. The number of ether oxygens (including phenoxy) is 1. The van der Waals surface area contributed by atoms with Crippen LogP contribution >= 0.6 is 0 Å². The Morgan fingerprint density at radius 1 is 1.35 bits per heavy atom. The molecule has 0 bridgehead atoms. The highest BCUT2D eigenvalue weighted by atomic mass is 16.5. The van der Waals surface area contributed by atoms with Crippen LogP contribution in [0.5, 0.6) is 5.75 Å². The Balaban J connectivity index is 2.83. The summed E-state index contributed by atoms with van der Waals surface area (Å²) in [5.41, 5.74) is 8.39. The van der Waals surface area contributed by atoms with Gasteiger partial charge in [0.2, 0.25) is 0 Å². The zero-order chi connectivity index (χ0) is 12.8. The second kappa shape index (κ2) is 6.62. The number of hydrogen-bond donors (Lipinski definition) is 1. The maximum Gasteiger partial charge on any atom is 0.119 e. The highest BCUT2D eigenvalue weighted by molar-refractivity contribution is 5.35. The van der Waals surface area contributed by atoms with Crippen molar-refractivity contribution in [2.24, 2.45) is 5.73 Å². The summed E-state index contributed by atoms with van der Waals surface area (Å²) < 4.78 is 5.25. The van der Waals surface area contributed by atoms with Gasteiger partial charge in [-0.05, 0) is 43.7 Å². The lowest BCUT2D eigenvalue weighted by Gasteiger charge is -2.24. The third kappa shape index (κ3) is 3.72. The molecule has 0 aliphatic rings. The van der Waals surface area contributed by atoms with E-state index >= 15 is 0 Å². The summed E-state index contributed by atoms with van der Waals surface area (Å²) in [6.45, 7) is 5.94. The molecule has 0 fully saturated rings. The molecule has 1 atom stereocenters. The maximum absolute atomic E-state index is 5.68. The van der Waals surface area contributed by atoms with Crippen LogP contribution in [0.4, 0.5) is 0 Å². The van der Waals surface area contributed by atoms with Gasteiger partial charge >= 0.3 is 0 Å². The van der Waals surface area contributed by atoms with E-state index in [1.807, 2.05) is 6.07 Å². The minimum atomic E-state index is 0.404. The van der Waals surface area contributed by atoms with E-state index in [1.54, 1.807) is 7.11 Å². The summed E-state index contributed by atoms with van der Waals surface area (Å²) in [5.74, 6) is 0.931. The largest absolute Gasteiger partial charge is 0.497 e. The van der Waals surface area contributed by atoms with Crippen molar-refractivity contribution >= 4 is 0 Å². The number of likely N-dealkylation sites (N-methyl/N-ethyl adjacent to an activating group) is 1. The fourth-order valence-corrected chi connectivity index (χ4v) is 1.82. The van der Waals surface area contributed by atoms with Gasteiger partial charge < -0.3 is 10.5 Å². The smallest absolute Gasteiger partial charge is 0.119 e. The summed E-state index contributed by atoms with van der Waals surface area (Å²) in [7, 11) is 3.82. The molecule has 0 aromatic heterocycles. The van der Waals surface area contributed by atoms with Gasteiger partial charge in [-0.15, -0.1) is 0 Å². The third-order valence-corrected chi connectivity index (χ3v) is 3.31. The first kappa shape index (κ1) is 14.0. The lowest BCUT2D eigenvalue weighted by atomic mass is 10.0. The number of nitrogens with two attached hydrogens (primary N) is 1. The van der Waals surface area contributed by atoms with E-state index in [2.05, 4.69) is 37.9 Å². The number of methoxy groups -OCH3 is 1. The molecule has 1 unspecified atom stereocenters. The molecule has 0 radical (unpaired) electrons. The Bertz CT molecular complexity index is 352. The number of rotatable bonds is 6.